The number of nitrogens with one attached hydrogen (secondary N) is 1. The molecule has 0 aromatic heterocycles. The average molecular weight is 285 g/mol. The van der Waals surface area contributed by atoms with Crippen molar-refractivity contribution in [3.05, 3.63) is 5.73 Å². The van der Waals surface area contributed by atoms with Gasteiger partial charge in [-0.1, -0.05) is 40.0 Å². The first-order valence-corrected chi connectivity index (χ1v) is 3.00. The van der Waals surface area contributed by atoms with Crippen LogP contribution in [-0.4, -0.2) is 5.54 Å². The van der Waals surface area contributed by atoms with Gasteiger partial charge in [-0.05, 0) is 0 Å². The molecule has 10 heavy (non-hydrogen) atoms. The first-order valence-electron chi connectivity index (χ1n) is 3.00. The summed E-state index contributed by atoms with van der Waals surface area (Å²) in [4.78, 5) is 0. The van der Waals surface area contributed by atoms with Crippen LogP contribution in [0.15, 0.2) is 0 Å². The Morgan fingerprint density at radius 3 is 0.900 bits per heavy atom. The van der Waals surface area contributed by atoms with Crippen LogP contribution in [0.2, 0.25) is 0 Å². The molecule has 0 radical (unpaired) electrons. The average Bonchev–Trinajstić information content (AvgIpc) is 1.25. The molecule has 0 bridgehead atoms. The number of rotatable bonds is 0. The van der Waals surface area contributed by atoms with E-state index in [0.717, 1.165) is 0 Å². The van der Waals surface area contributed by atoms with Crippen molar-refractivity contribution in [2.75, 3.05) is 0 Å². The molecule has 0 aliphatic carbocycles. The maximum Gasteiger partial charge on any atom is 1.00 e. The van der Waals surface area contributed by atoms with E-state index < -0.39 is 0 Å². The van der Waals surface area contributed by atoms with E-state index in [4.69, 9.17) is 5.73 Å². The van der Waals surface area contributed by atoms with Crippen molar-refractivity contribution in [1.29, 1.82) is 0 Å². The molecule has 0 saturated heterocycles. The van der Waals surface area contributed by atoms with Gasteiger partial charge in [0.1, 0.15) is 0 Å². The van der Waals surface area contributed by atoms with Crippen molar-refractivity contribution in [2.24, 2.45) is 5.41 Å². The molecule has 0 aliphatic heterocycles. The molecule has 0 aromatic rings. The van der Waals surface area contributed by atoms with Crippen LogP contribution in [0.4, 0.5) is 0 Å². The normalized spacial score (nSPS) is 11.4. The van der Waals surface area contributed by atoms with Crippen LogP contribution in [-0.2, 0) is 0 Å². The van der Waals surface area contributed by atoms with E-state index in [2.05, 4.69) is 20.8 Å². The molecule has 0 heterocycles. The largest absolute Gasteiger partial charge is 1.00 e. The molecular formula is C7H16NRb2+. The van der Waals surface area contributed by atoms with Gasteiger partial charge in [-0.3, -0.25) is 0 Å². The van der Waals surface area contributed by atoms with E-state index in [1.807, 2.05) is 13.8 Å². The quantitative estimate of drug-likeness (QED) is 0.449. The van der Waals surface area contributed by atoms with E-state index in [9.17, 15) is 0 Å². The molecule has 50 valence electrons. The van der Waals surface area contributed by atoms with Gasteiger partial charge in [-0.15, -0.1) is 5.54 Å². The second kappa shape index (κ2) is 6.94. The molecule has 0 rings (SSSR count). The third-order valence-electron chi connectivity index (χ3n) is 1.88. The Labute approximate surface area is 163 Å². The van der Waals surface area contributed by atoms with Gasteiger partial charge >= 0.3 is 116 Å². The third-order valence-corrected chi connectivity index (χ3v) is 1.88. The van der Waals surface area contributed by atoms with Crippen molar-refractivity contribution in [3.8, 4) is 0 Å². The van der Waals surface area contributed by atoms with Crippen molar-refractivity contribution in [2.45, 2.75) is 40.2 Å². The standard InChI is InChI=1S/C7H16N.2Rb/c1-6(2,3)7(4,5)8;;/h8H,1-5H3;;/q-1;2*+1. The Balaban J connectivity index is -0.000000245. The molecule has 1 N–H and O–H groups in total. The van der Waals surface area contributed by atoms with Gasteiger partial charge in [0.25, 0.3) is 0 Å². The molecule has 0 spiro atoms. The minimum atomic E-state index is -0.312. The molecule has 3 heteroatoms. The fraction of sp³-hybridized carbons (Fsp3) is 1.00. The van der Waals surface area contributed by atoms with Crippen molar-refractivity contribution < 1.29 is 116 Å². The Morgan fingerprint density at radius 1 is 0.800 bits per heavy atom. The molecule has 0 saturated carbocycles. The Kier molecular flexibility index (Phi) is 13.3. The minimum absolute atomic E-state index is 0. The van der Waals surface area contributed by atoms with E-state index in [-0.39, 0.29) is 127 Å². The fourth-order valence-electron chi connectivity index (χ4n) is 0. The Hall–Kier alpha value is 3.57. The van der Waals surface area contributed by atoms with Gasteiger partial charge < -0.3 is 5.73 Å². The summed E-state index contributed by atoms with van der Waals surface area (Å²) >= 11 is 0. The number of hydrogen-bond acceptors (Lipinski definition) is 0. The van der Waals surface area contributed by atoms with Gasteiger partial charge in [0.05, 0.1) is 0 Å². The molecule has 0 aromatic carbocycles. The molecule has 0 unspecified atom stereocenters. The second-order valence-corrected chi connectivity index (χ2v) is 3.88. The topological polar surface area (TPSA) is 23.8 Å². The molecule has 0 aliphatic rings. The van der Waals surface area contributed by atoms with Crippen LogP contribution in [0.1, 0.15) is 34.6 Å². The van der Waals surface area contributed by atoms with E-state index in [0.29, 0.717) is 0 Å². The summed E-state index contributed by atoms with van der Waals surface area (Å²) in [5.41, 5.74) is 7.38. The predicted molar refractivity (Wildman–Crippen MR) is 37.9 cm³/mol. The van der Waals surface area contributed by atoms with Crippen LogP contribution in [0.5, 0.6) is 0 Å². The van der Waals surface area contributed by atoms with E-state index >= 15 is 0 Å². The summed E-state index contributed by atoms with van der Waals surface area (Å²) in [7, 11) is 0. The SMILES string of the molecule is CC(C)(C)C(C)(C)[NH-].[Rb+].[Rb+]. The summed E-state index contributed by atoms with van der Waals surface area (Å²) in [6, 6.07) is 0. The monoisotopic (exact) mass is 284 g/mol. The summed E-state index contributed by atoms with van der Waals surface area (Å²) in [5, 5.41) is 0. The van der Waals surface area contributed by atoms with Crippen molar-refractivity contribution >= 4 is 0 Å². The van der Waals surface area contributed by atoms with E-state index in [1.165, 1.54) is 0 Å². The van der Waals surface area contributed by atoms with Crippen LogP contribution in [0.3, 0.4) is 0 Å². The molecule has 0 fully saturated rings. The first-order chi connectivity index (χ1) is 3.25. The summed E-state index contributed by atoms with van der Waals surface area (Å²) in [5.74, 6) is 0. The maximum absolute atomic E-state index is 7.58. The maximum atomic E-state index is 7.58. The minimum Gasteiger partial charge on any atom is -0.672 e. The van der Waals surface area contributed by atoms with Gasteiger partial charge in [0, 0.05) is 0 Å². The van der Waals surface area contributed by atoms with Crippen LogP contribution >= 0.6 is 0 Å². The molecule has 0 atom stereocenters. The zero-order valence-corrected chi connectivity index (χ0v) is 18.3. The third kappa shape index (κ3) is 8.18. The molecular weight excluding hydrogens is 269 g/mol. The smallest absolute Gasteiger partial charge is 0.672 e. The first kappa shape index (κ1) is 19.2. The summed E-state index contributed by atoms with van der Waals surface area (Å²) in [6.07, 6.45) is 0. The van der Waals surface area contributed by atoms with Crippen molar-refractivity contribution in [3.63, 3.8) is 0 Å². The Bertz CT molecular complexity index is 66.6. The van der Waals surface area contributed by atoms with Crippen LogP contribution in [0, 0.1) is 5.41 Å². The van der Waals surface area contributed by atoms with Gasteiger partial charge in [0.15, 0.2) is 0 Å². The van der Waals surface area contributed by atoms with Gasteiger partial charge in [-0.25, -0.2) is 0 Å². The number of hydrogen-bond donors (Lipinski definition) is 0. The summed E-state index contributed by atoms with van der Waals surface area (Å²) < 4.78 is 0. The van der Waals surface area contributed by atoms with Crippen LogP contribution in [0.25, 0.3) is 5.73 Å². The zero-order valence-electron chi connectivity index (χ0n) is 8.50. The Morgan fingerprint density at radius 2 is 0.900 bits per heavy atom. The van der Waals surface area contributed by atoms with Crippen LogP contribution < -0.4 is 116 Å². The molecule has 1 nitrogen and oxygen atoms in total. The zero-order chi connectivity index (χ0) is 7.00. The summed E-state index contributed by atoms with van der Waals surface area (Å²) in [6.45, 7) is 10.1. The fourth-order valence-corrected chi connectivity index (χ4v) is 0. The molecule has 0 amide bonds. The predicted octanol–water partition coefficient (Wildman–Crippen LogP) is -3.13. The van der Waals surface area contributed by atoms with Gasteiger partial charge in [0.2, 0.25) is 0 Å². The van der Waals surface area contributed by atoms with Crippen molar-refractivity contribution in [1.82, 2.24) is 0 Å². The second-order valence-electron chi connectivity index (χ2n) is 3.88. The van der Waals surface area contributed by atoms with Gasteiger partial charge in [-0.2, -0.15) is 0 Å². The van der Waals surface area contributed by atoms with E-state index in [1.54, 1.807) is 0 Å².